The molecule has 35 heavy (non-hydrogen) atoms. The van der Waals surface area contributed by atoms with Crippen molar-refractivity contribution in [1.82, 2.24) is 5.32 Å². The largest absolute Gasteiger partial charge is 0.494 e. The molecule has 0 aliphatic rings. The summed E-state index contributed by atoms with van der Waals surface area (Å²) in [6.07, 6.45) is 0.634. The lowest BCUT2D eigenvalue weighted by Gasteiger charge is -2.23. The highest BCUT2D eigenvalue weighted by Crippen LogP contribution is 2.18. The van der Waals surface area contributed by atoms with E-state index in [0.29, 0.717) is 6.61 Å². The van der Waals surface area contributed by atoms with Gasteiger partial charge in [0.05, 0.1) is 12.5 Å². The standard InChI is InChI=1S/C27H35NO7/c1-18-7-13-22(14-8-18)34-15-5-6-19-9-11-20(12-10-19)16-21(24(29)30)17-23(25(31)32)28-26(33)35-27(2,3)4/h7-14,21,23H,5-6,15-17H2,1-4H3,(H,28,33)(H,29,30)(H,31,32)/t21-,23-/m0/s1. The maximum Gasteiger partial charge on any atom is 0.408 e. The number of carbonyl (C=O) groups is 3. The predicted molar refractivity (Wildman–Crippen MR) is 132 cm³/mol. The highest BCUT2D eigenvalue weighted by atomic mass is 16.6. The summed E-state index contributed by atoms with van der Waals surface area (Å²) < 4.78 is 10.8. The zero-order valence-corrected chi connectivity index (χ0v) is 20.7. The highest BCUT2D eigenvalue weighted by molar-refractivity contribution is 5.81. The minimum Gasteiger partial charge on any atom is -0.494 e. The third-order valence-corrected chi connectivity index (χ3v) is 5.26. The first-order valence-electron chi connectivity index (χ1n) is 11.7. The van der Waals surface area contributed by atoms with E-state index in [4.69, 9.17) is 9.47 Å². The molecule has 8 nitrogen and oxygen atoms in total. The van der Waals surface area contributed by atoms with Gasteiger partial charge in [-0.3, -0.25) is 4.79 Å². The van der Waals surface area contributed by atoms with Crippen LogP contribution in [0.1, 0.15) is 50.3 Å². The zero-order chi connectivity index (χ0) is 26.0. The van der Waals surface area contributed by atoms with Crippen molar-refractivity contribution in [3.05, 3.63) is 65.2 Å². The van der Waals surface area contributed by atoms with Gasteiger partial charge in [-0.05, 0) is 76.6 Å². The average molecular weight is 486 g/mol. The molecule has 2 atom stereocenters. The quantitative estimate of drug-likeness (QED) is 0.375. The van der Waals surface area contributed by atoms with Gasteiger partial charge in [-0.25, -0.2) is 9.59 Å². The topological polar surface area (TPSA) is 122 Å². The summed E-state index contributed by atoms with van der Waals surface area (Å²) in [5, 5.41) is 21.4. The van der Waals surface area contributed by atoms with Gasteiger partial charge in [-0.2, -0.15) is 0 Å². The Morgan fingerprint density at radius 1 is 0.914 bits per heavy atom. The molecule has 190 valence electrons. The first kappa shape index (κ1) is 27.7. The van der Waals surface area contributed by atoms with Crippen LogP contribution in [0, 0.1) is 12.8 Å². The minimum atomic E-state index is -1.38. The van der Waals surface area contributed by atoms with Gasteiger partial charge in [0.25, 0.3) is 0 Å². The Bertz CT molecular complexity index is 978. The van der Waals surface area contributed by atoms with Crippen LogP contribution in [0.5, 0.6) is 5.75 Å². The molecule has 0 unspecified atom stereocenters. The Balaban J connectivity index is 1.88. The Labute approximate surface area is 206 Å². The summed E-state index contributed by atoms with van der Waals surface area (Å²) in [5.74, 6) is -2.59. The van der Waals surface area contributed by atoms with E-state index in [9.17, 15) is 24.6 Å². The molecule has 2 rings (SSSR count). The van der Waals surface area contributed by atoms with Crippen molar-refractivity contribution in [2.45, 2.75) is 65.0 Å². The van der Waals surface area contributed by atoms with Crippen LogP contribution in [0.4, 0.5) is 4.79 Å². The number of aryl methyl sites for hydroxylation is 2. The molecule has 0 radical (unpaired) electrons. The number of benzene rings is 2. The predicted octanol–water partition coefficient (Wildman–Crippen LogP) is 4.62. The molecular formula is C27H35NO7. The maximum atomic E-state index is 12.0. The van der Waals surface area contributed by atoms with Crippen LogP contribution in [0.25, 0.3) is 0 Å². The number of carboxylic acid groups (broad SMARTS) is 2. The monoisotopic (exact) mass is 485 g/mol. The van der Waals surface area contributed by atoms with E-state index in [0.717, 1.165) is 29.7 Å². The normalized spacial score (nSPS) is 12.9. The van der Waals surface area contributed by atoms with Gasteiger partial charge in [0, 0.05) is 0 Å². The van der Waals surface area contributed by atoms with Crippen molar-refractivity contribution >= 4 is 18.0 Å². The van der Waals surface area contributed by atoms with Crippen molar-refractivity contribution in [2.75, 3.05) is 6.61 Å². The number of nitrogens with one attached hydrogen (secondary N) is 1. The van der Waals surface area contributed by atoms with E-state index in [-0.39, 0.29) is 12.8 Å². The van der Waals surface area contributed by atoms with Crippen LogP contribution in [0.3, 0.4) is 0 Å². The average Bonchev–Trinajstić information content (AvgIpc) is 2.76. The van der Waals surface area contributed by atoms with Crippen molar-refractivity contribution < 1.29 is 34.1 Å². The minimum absolute atomic E-state index is 0.145. The zero-order valence-electron chi connectivity index (χ0n) is 20.7. The number of rotatable bonds is 12. The molecule has 0 aliphatic carbocycles. The number of ether oxygens (including phenoxy) is 2. The number of carbonyl (C=O) groups excluding carboxylic acids is 1. The van der Waals surface area contributed by atoms with Crippen LogP contribution in [-0.4, -0.2) is 46.5 Å². The summed E-state index contributed by atoms with van der Waals surface area (Å²) in [6, 6.07) is 14.1. The highest BCUT2D eigenvalue weighted by Gasteiger charge is 2.30. The smallest absolute Gasteiger partial charge is 0.408 e. The lowest BCUT2D eigenvalue weighted by Crippen LogP contribution is -2.45. The molecule has 8 heteroatoms. The fourth-order valence-electron chi connectivity index (χ4n) is 3.45. The van der Waals surface area contributed by atoms with Crippen molar-refractivity contribution in [2.24, 2.45) is 5.92 Å². The summed E-state index contributed by atoms with van der Waals surface area (Å²) in [5.41, 5.74) is 2.26. The van der Waals surface area contributed by atoms with Crippen LogP contribution in [-0.2, 0) is 27.2 Å². The molecule has 0 saturated heterocycles. The lowest BCUT2D eigenvalue weighted by atomic mass is 9.92. The first-order valence-corrected chi connectivity index (χ1v) is 11.7. The Kier molecular flexibility index (Phi) is 10.1. The molecular weight excluding hydrogens is 450 g/mol. The van der Waals surface area contributed by atoms with Gasteiger partial charge in [0.2, 0.25) is 0 Å². The van der Waals surface area contributed by atoms with E-state index in [1.165, 1.54) is 5.56 Å². The molecule has 2 aromatic rings. The fraction of sp³-hybridized carbons (Fsp3) is 0.444. The summed E-state index contributed by atoms with van der Waals surface area (Å²) >= 11 is 0. The van der Waals surface area contributed by atoms with E-state index in [1.807, 2.05) is 55.5 Å². The van der Waals surface area contributed by atoms with Crippen LogP contribution in [0.2, 0.25) is 0 Å². The second-order valence-corrected chi connectivity index (χ2v) is 9.59. The summed E-state index contributed by atoms with van der Waals surface area (Å²) in [6.45, 7) is 7.58. The van der Waals surface area contributed by atoms with Gasteiger partial charge < -0.3 is 25.0 Å². The molecule has 2 aromatic carbocycles. The van der Waals surface area contributed by atoms with Crippen molar-refractivity contribution in [3.63, 3.8) is 0 Å². The molecule has 0 bridgehead atoms. The molecule has 3 N–H and O–H groups in total. The number of amides is 1. The molecule has 0 saturated carbocycles. The van der Waals surface area contributed by atoms with Gasteiger partial charge in [-0.15, -0.1) is 0 Å². The number of carboxylic acids is 2. The number of hydrogen-bond donors (Lipinski definition) is 3. The maximum absolute atomic E-state index is 12.0. The SMILES string of the molecule is Cc1ccc(OCCCc2ccc(C[C@@H](C[C@H](NC(=O)OC(C)(C)C)C(=O)O)C(=O)O)cc2)cc1. The third-order valence-electron chi connectivity index (χ3n) is 5.26. The van der Waals surface area contributed by atoms with E-state index < -0.39 is 35.6 Å². The fourth-order valence-corrected chi connectivity index (χ4v) is 3.45. The molecule has 1 amide bonds. The molecule has 0 aliphatic heterocycles. The third kappa shape index (κ3) is 10.5. The Morgan fingerprint density at radius 3 is 2.06 bits per heavy atom. The van der Waals surface area contributed by atoms with Crippen molar-refractivity contribution in [3.8, 4) is 5.75 Å². The van der Waals surface area contributed by atoms with E-state index >= 15 is 0 Å². The number of alkyl carbamates (subject to hydrolysis) is 1. The second-order valence-electron chi connectivity index (χ2n) is 9.59. The molecule has 0 fully saturated rings. The van der Waals surface area contributed by atoms with Crippen LogP contribution in [0.15, 0.2) is 48.5 Å². The molecule has 0 aromatic heterocycles. The van der Waals surface area contributed by atoms with Crippen LogP contribution >= 0.6 is 0 Å². The number of hydrogen-bond acceptors (Lipinski definition) is 5. The van der Waals surface area contributed by atoms with Crippen molar-refractivity contribution in [1.29, 1.82) is 0 Å². The summed E-state index contributed by atoms with van der Waals surface area (Å²) in [7, 11) is 0. The van der Waals surface area contributed by atoms with Gasteiger partial charge in [0.15, 0.2) is 0 Å². The summed E-state index contributed by atoms with van der Waals surface area (Å²) in [4.78, 5) is 35.4. The Morgan fingerprint density at radius 2 is 1.51 bits per heavy atom. The van der Waals surface area contributed by atoms with Gasteiger partial charge in [-0.1, -0.05) is 42.0 Å². The van der Waals surface area contributed by atoms with Gasteiger partial charge >= 0.3 is 18.0 Å². The number of aliphatic carboxylic acids is 2. The van der Waals surface area contributed by atoms with E-state index in [1.54, 1.807) is 20.8 Å². The first-order chi connectivity index (χ1) is 16.4. The van der Waals surface area contributed by atoms with Crippen LogP contribution < -0.4 is 10.1 Å². The van der Waals surface area contributed by atoms with Gasteiger partial charge in [0.1, 0.15) is 17.4 Å². The second kappa shape index (κ2) is 12.8. The molecule has 0 spiro atoms. The Hall–Kier alpha value is -3.55. The van der Waals surface area contributed by atoms with E-state index in [2.05, 4.69) is 5.32 Å². The molecule has 0 heterocycles. The lowest BCUT2D eigenvalue weighted by molar-refractivity contribution is -0.144.